The molecule has 0 saturated carbocycles. The van der Waals surface area contributed by atoms with Crippen LogP contribution in [0.4, 0.5) is 0 Å². The quantitative estimate of drug-likeness (QED) is 0.673. The molecule has 2 heteroatoms. The van der Waals surface area contributed by atoms with Crippen LogP contribution >= 0.6 is 0 Å². The molecular formula is C11H16N2. The second-order valence-corrected chi connectivity index (χ2v) is 3.55. The molecule has 0 fully saturated rings. The van der Waals surface area contributed by atoms with Crippen molar-refractivity contribution in [3.8, 4) is 0 Å². The zero-order valence-corrected chi connectivity index (χ0v) is 8.28. The molecule has 0 bridgehead atoms. The number of fused-ring (bicyclic) bond motifs is 1. The molecular weight excluding hydrogens is 160 g/mol. The van der Waals surface area contributed by atoms with Crippen LogP contribution in [0.15, 0.2) is 6.08 Å². The summed E-state index contributed by atoms with van der Waals surface area (Å²) >= 11 is 0. The summed E-state index contributed by atoms with van der Waals surface area (Å²) in [6.07, 6.45) is 5.39. The number of aromatic nitrogens is 1. The first-order chi connectivity index (χ1) is 6.33. The van der Waals surface area contributed by atoms with E-state index in [1.807, 2.05) is 0 Å². The minimum atomic E-state index is 0.994. The van der Waals surface area contributed by atoms with Gasteiger partial charge in [0.2, 0.25) is 0 Å². The van der Waals surface area contributed by atoms with Crippen LogP contribution in [-0.4, -0.2) is 11.5 Å². The third-order valence-corrected chi connectivity index (χ3v) is 2.69. The average Bonchev–Trinajstić information content (AvgIpc) is 2.46. The van der Waals surface area contributed by atoms with Crippen molar-refractivity contribution in [2.24, 2.45) is 0 Å². The number of rotatable bonds is 1. The smallest absolute Gasteiger partial charge is 0.0412 e. The molecule has 1 aromatic rings. The van der Waals surface area contributed by atoms with Crippen LogP contribution in [0.5, 0.6) is 0 Å². The Hall–Kier alpha value is -1.02. The van der Waals surface area contributed by atoms with Gasteiger partial charge in [-0.1, -0.05) is 6.08 Å². The van der Waals surface area contributed by atoms with E-state index in [4.69, 9.17) is 0 Å². The Kier molecular flexibility index (Phi) is 2.23. The van der Waals surface area contributed by atoms with E-state index >= 15 is 0 Å². The van der Waals surface area contributed by atoms with E-state index in [0.29, 0.717) is 0 Å². The minimum absolute atomic E-state index is 0.994. The van der Waals surface area contributed by atoms with Gasteiger partial charge < -0.3 is 10.3 Å². The lowest BCUT2D eigenvalue weighted by Gasteiger charge is -2.12. The highest BCUT2D eigenvalue weighted by molar-refractivity contribution is 5.54. The van der Waals surface area contributed by atoms with Gasteiger partial charge in [0.25, 0.3) is 0 Å². The van der Waals surface area contributed by atoms with Gasteiger partial charge in [-0.25, -0.2) is 0 Å². The summed E-state index contributed by atoms with van der Waals surface area (Å²) in [5.74, 6) is 0. The topological polar surface area (TPSA) is 27.8 Å². The van der Waals surface area contributed by atoms with Gasteiger partial charge in [0.1, 0.15) is 0 Å². The highest BCUT2D eigenvalue weighted by Gasteiger charge is 2.14. The fourth-order valence-corrected chi connectivity index (χ4v) is 1.97. The monoisotopic (exact) mass is 176 g/mol. The summed E-state index contributed by atoms with van der Waals surface area (Å²) in [6.45, 7) is 6.36. The Labute approximate surface area is 79.0 Å². The predicted molar refractivity (Wildman–Crippen MR) is 55.6 cm³/mol. The number of allylic oxidation sites excluding steroid dienone is 1. The Bertz CT molecular complexity index is 334. The molecule has 2 N–H and O–H groups in total. The molecule has 0 atom stereocenters. The van der Waals surface area contributed by atoms with Crippen LogP contribution in [0, 0.1) is 6.92 Å². The molecule has 13 heavy (non-hydrogen) atoms. The number of nitrogens with one attached hydrogen (secondary N) is 2. The van der Waals surface area contributed by atoms with Gasteiger partial charge in [-0.05, 0) is 44.0 Å². The molecule has 0 unspecified atom stereocenters. The first kappa shape index (κ1) is 8.57. The zero-order chi connectivity index (χ0) is 9.26. The van der Waals surface area contributed by atoms with Gasteiger partial charge in [0.05, 0.1) is 0 Å². The Morgan fingerprint density at radius 1 is 1.38 bits per heavy atom. The van der Waals surface area contributed by atoms with Gasteiger partial charge in [-0.15, -0.1) is 0 Å². The van der Waals surface area contributed by atoms with E-state index in [-0.39, 0.29) is 0 Å². The lowest BCUT2D eigenvalue weighted by molar-refractivity contribution is 0.633. The fourth-order valence-electron chi connectivity index (χ4n) is 1.97. The lowest BCUT2D eigenvalue weighted by Crippen LogP contribution is -2.23. The van der Waals surface area contributed by atoms with Gasteiger partial charge in [0, 0.05) is 17.9 Å². The second kappa shape index (κ2) is 3.38. The fraction of sp³-hybridized carbons (Fsp3) is 0.455. The van der Waals surface area contributed by atoms with Crippen molar-refractivity contribution < 1.29 is 0 Å². The molecule has 2 rings (SSSR count). The number of aromatic amines is 1. The van der Waals surface area contributed by atoms with Crippen molar-refractivity contribution >= 4 is 6.08 Å². The third-order valence-electron chi connectivity index (χ3n) is 2.69. The van der Waals surface area contributed by atoms with Crippen LogP contribution in [0.1, 0.15) is 29.4 Å². The molecule has 2 nitrogen and oxygen atoms in total. The standard InChI is InChI=1S/C11H16N2/c1-3-4-10-8(2)9-5-6-12-7-11(9)13-10/h3-4,12-13H,5-7H2,1-2H3/b4-3-. The molecule has 2 heterocycles. The summed E-state index contributed by atoms with van der Waals surface area (Å²) in [4.78, 5) is 3.45. The van der Waals surface area contributed by atoms with Crippen molar-refractivity contribution in [3.63, 3.8) is 0 Å². The van der Waals surface area contributed by atoms with E-state index < -0.39 is 0 Å². The molecule has 1 aliphatic rings. The summed E-state index contributed by atoms with van der Waals surface area (Å²) < 4.78 is 0. The predicted octanol–water partition coefficient (Wildman–Crippen LogP) is 2.00. The normalized spacial score (nSPS) is 16.5. The van der Waals surface area contributed by atoms with Crippen LogP contribution in [0.25, 0.3) is 6.08 Å². The summed E-state index contributed by atoms with van der Waals surface area (Å²) in [7, 11) is 0. The SMILES string of the molecule is C/C=C\c1[nH]c2c(c1C)CCNC2. The molecule has 0 amide bonds. The second-order valence-electron chi connectivity index (χ2n) is 3.55. The lowest BCUT2D eigenvalue weighted by atomic mass is 10.0. The molecule has 70 valence electrons. The Balaban J connectivity index is 2.44. The van der Waals surface area contributed by atoms with Crippen molar-refractivity contribution in [3.05, 3.63) is 28.6 Å². The highest BCUT2D eigenvalue weighted by Crippen LogP contribution is 2.21. The molecule has 1 aliphatic heterocycles. The summed E-state index contributed by atoms with van der Waals surface area (Å²) in [6, 6.07) is 0. The maximum atomic E-state index is 3.45. The van der Waals surface area contributed by atoms with Crippen LogP contribution in [0.2, 0.25) is 0 Å². The molecule has 0 radical (unpaired) electrons. The van der Waals surface area contributed by atoms with Crippen LogP contribution < -0.4 is 5.32 Å². The summed E-state index contributed by atoms with van der Waals surface area (Å²) in [5.41, 5.74) is 5.59. The molecule has 0 aliphatic carbocycles. The van der Waals surface area contributed by atoms with Gasteiger partial charge in [-0.2, -0.15) is 0 Å². The van der Waals surface area contributed by atoms with E-state index in [1.54, 1.807) is 0 Å². The van der Waals surface area contributed by atoms with Crippen molar-refractivity contribution in [2.45, 2.75) is 26.8 Å². The maximum absolute atomic E-state index is 3.45. The number of hydrogen-bond donors (Lipinski definition) is 2. The van der Waals surface area contributed by atoms with E-state index in [2.05, 4.69) is 36.3 Å². The highest BCUT2D eigenvalue weighted by atomic mass is 14.9. The van der Waals surface area contributed by atoms with E-state index in [1.165, 1.54) is 22.5 Å². The number of H-pyrrole nitrogens is 1. The average molecular weight is 176 g/mol. The first-order valence-corrected chi connectivity index (χ1v) is 4.86. The Morgan fingerprint density at radius 2 is 2.23 bits per heavy atom. The van der Waals surface area contributed by atoms with Crippen LogP contribution in [0.3, 0.4) is 0 Å². The van der Waals surface area contributed by atoms with Gasteiger partial charge in [-0.3, -0.25) is 0 Å². The maximum Gasteiger partial charge on any atom is 0.0412 e. The first-order valence-electron chi connectivity index (χ1n) is 4.86. The van der Waals surface area contributed by atoms with Crippen molar-refractivity contribution in [1.29, 1.82) is 0 Å². The third kappa shape index (κ3) is 1.42. The minimum Gasteiger partial charge on any atom is -0.357 e. The van der Waals surface area contributed by atoms with Crippen molar-refractivity contribution in [2.75, 3.05) is 6.54 Å². The number of hydrogen-bond acceptors (Lipinski definition) is 1. The molecule has 0 spiro atoms. The van der Waals surface area contributed by atoms with Gasteiger partial charge >= 0.3 is 0 Å². The van der Waals surface area contributed by atoms with Crippen molar-refractivity contribution in [1.82, 2.24) is 10.3 Å². The van der Waals surface area contributed by atoms with Crippen LogP contribution in [-0.2, 0) is 13.0 Å². The van der Waals surface area contributed by atoms with E-state index in [0.717, 1.165) is 19.5 Å². The summed E-state index contributed by atoms with van der Waals surface area (Å²) in [5, 5.41) is 3.37. The van der Waals surface area contributed by atoms with Gasteiger partial charge in [0.15, 0.2) is 0 Å². The molecule has 0 saturated heterocycles. The molecule has 0 aromatic carbocycles. The Morgan fingerprint density at radius 3 is 2.92 bits per heavy atom. The zero-order valence-electron chi connectivity index (χ0n) is 8.28. The molecule has 1 aromatic heterocycles. The van der Waals surface area contributed by atoms with E-state index in [9.17, 15) is 0 Å². The largest absolute Gasteiger partial charge is 0.357 e.